The number of hydrogen-bond donors (Lipinski definition) is 0. The van der Waals surface area contributed by atoms with Crippen LogP contribution in [0.25, 0.3) is 276 Å². The summed E-state index contributed by atoms with van der Waals surface area (Å²) in [6.07, 6.45) is 0. The highest BCUT2D eigenvalue weighted by molar-refractivity contribution is 6.31. The summed E-state index contributed by atoms with van der Waals surface area (Å²) in [5, 5.41) is 23.0. The molecular weight excluding hydrogens is 1630 g/mol. The summed E-state index contributed by atoms with van der Waals surface area (Å²) in [5.41, 5.74) is 27.7. The van der Waals surface area contributed by atoms with Gasteiger partial charge in [-0.15, -0.1) is 0 Å². The second-order valence-electron chi connectivity index (χ2n) is 34.5. The van der Waals surface area contributed by atoms with Crippen molar-refractivity contribution in [2.45, 2.75) is 0 Å². The van der Waals surface area contributed by atoms with Gasteiger partial charge in [-0.3, -0.25) is 0 Å². The van der Waals surface area contributed by atoms with Crippen molar-refractivity contribution >= 4 is 141 Å². The third-order valence-corrected chi connectivity index (χ3v) is 26.7. The molecule has 0 unspecified atom stereocenters. The smallest absolute Gasteiger partial charge is 0.160 e. The standard InChI is InChI=1S/C65H39N3O.C61H37N3O/c1-3-15-40(16-4-1)41-27-33-44(34-28-41)64-55-38-60-63(53-24-12-14-26-59(53)69-60)61(62(55)52-23-11-13-25-56(52)66-64)43-31-29-42(30-32-43)57-39-58(68-65(67-57)45-17-5-2-6-18-45)46-35-36-51-49-21-8-7-19-47(49)48-20-9-10-22-50(48)54(51)37-46;1-3-15-38(16-4-1)39-27-33-42(34-28-39)60-51-36-56-59(49-24-12-14-26-55(49)65-56)57(58(51)48-23-11-13-25-52(48)62-60)41-31-29-40(30-32-41)53-37-54(64-61(63-53)43-17-5-2-6-18-43)50-35-44-19-7-8-20-45(44)46-21-9-10-22-47(46)50/h1-39H;1-37H. The van der Waals surface area contributed by atoms with Crippen LogP contribution in [-0.2, 0) is 0 Å². The molecule has 8 heteroatoms. The lowest BCUT2D eigenvalue weighted by molar-refractivity contribution is 0.669. The Labute approximate surface area is 770 Å². The van der Waals surface area contributed by atoms with E-state index in [4.69, 9.17) is 38.7 Å². The number of nitrogens with zero attached hydrogens (tertiary/aromatic N) is 6. The molecule has 0 radical (unpaired) electrons. The van der Waals surface area contributed by atoms with E-state index in [1.165, 1.54) is 59.6 Å². The highest BCUT2D eigenvalue weighted by atomic mass is 16.3. The average Bonchev–Trinajstić information content (AvgIpc) is 1.50. The molecule has 0 N–H and O–H groups in total. The van der Waals surface area contributed by atoms with Gasteiger partial charge in [-0.2, -0.15) is 0 Å². The molecule has 0 spiro atoms. The molecule has 6 heterocycles. The van der Waals surface area contributed by atoms with E-state index in [1.54, 1.807) is 0 Å². The predicted octanol–water partition coefficient (Wildman–Crippen LogP) is 33.9. The Balaban J connectivity index is 0.000000140. The molecule has 0 aliphatic heterocycles. The first kappa shape index (κ1) is 77.2. The van der Waals surface area contributed by atoms with Crippen LogP contribution in [0, 0.1) is 0 Å². The van der Waals surface area contributed by atoms with Crippen LogP contribution in [0.1, 0.15) is 0 Å². The quantitative estimate of drug-likeness (QED) is 0.111. The Morgan fingerprint density at radius 3 is 0.910 bits per heavy atom. The van der Waals surface area contributed by atoms with Gasteiger partial charge in [-0.1, -0.05) is 400 Å². The number of benzene rings is 21. The van der Waals surface area contributed by atoms with E-state index in [1.807, 2.05) is 48.5 Å². The molecule has 8 nitrogen and oxygen atoms in total. The number of para-hydroxylation sites is 4. The summed E-state index contributed by atoms with van der Waals surface area (Å²) in [4.78, 5) is 31.8. The Morgan fingerprint density at radius 1 is 0.149 bits per heavy atom. The van der Waals surface area contributed by atoms with Gasteiger partial charge in [0.05, 0.1) is 45.2 Å². The molecule has 0 aliphatic carbocycles. The summed E-state index contributed by atoms with van der Waals surface area (Å²) in [7, 11) is 0. The first-order valence-electron chi connectivity index (χ1n) is 45.4. The van der Waals surface area contributed by atoms with Crippen molar-refractivity contribution in [1.82, 2.24) is 29.9 Å². The first-order chi connectivity index (χ1) is 66.4. The molecule has 0 bridgehead atoms. The van der Waals surface area contributed by atoms with Crippen molar-refractivity contribution in [2.24, 2.45) is 0 Å². The second-order valence-corrected chi connectivity index (χ2v) is 34.5. The second kappa shape index (κ2) is 32.0. The van der Waals surface area contributed by atoms with Crippen LogP contribution in [0.15, 0.2) is 470 Å². The van der Waals surface area contributed by atoms with E-state index in [-0.39, 0.29) is 0 Å². The summed E-state index contributed by atoms with van der Waals surface area (Å²) in [5.74, 6) is 1.36. The zero-order valence-electron chi connectivity index (χ0n) is 72.4. The average molecular weight is 1710 g/mol. The van der Waals surface area contributed by atoms with E-state index in [0.29, 0.717) is 11.6 Å². The summed E-state index contributed by atoms with van der Waals surface area (Å²) < 4.78 is 13.5. The van der Waals surface area contributed by atoms with Crippen LogP contribution in [0.2, 0.25) is 0 Å². The zero-order chi connectivity index (χ0) is 88.3. The maximum absolute atomic E-state index is 6.73. The van der Waals surface area contributed by atoms with Crippen molar-refractivity contribution in [2.75, 3.05) is 0 Å². The van der Waals surface area contributed by atoms with E-state index < -0.39 is 0 Å². The van der Waals surface area contributed by atoms with E-state index in [9.17, 15) is 0 Å². The minimum atomic E-state index is 0.680. The highest BCUT2D eigenvalue weighted by Gasteiger charge is 2.27. The fraction of sp³-hybridized carbons (Fsp3) is 0. The molecule has 27 rings (SSSR count). The van der Waals surface area contributed by atoms with Gasteiger partial charge in [0.1, 0.15) is 22.3 Å². The van der Waals surface area contributed by atoms with Crippen molar-refractivity contribution < 1.29 is 8.83 Å². The first-order valence-corrected chi connectivity index (χ1v) is 45.4. The van der Waals surface area contributed by atoms with Crippen LogP contribution in [0.4, 0.5) is 0 Å². The van der Waals surface area contributed by atoms with Gasteiger partial charge >= 0.3 is 0 Å². The van der Waals surface area contributed by atoms with Gasteiger partial charge in [0.2, 0.25) is 0 Å². The van der Waals surface area contributed by atoms with Crippen LogP contribution in [0.3, 0.4) is 0 Å². The third kappa shape index (κ3) is 13.3. The van der Waals surface area contributed by atoms with Gasteiger partial charge in [0.15, 0.2) is 11.6 Å². The predicted molar refractivity (Wildman–Crippen MR) is 557 cm³/mol. The van der Waals surface area contributed by atoms with Crippen LogP contribution in [-0.4, -0.2) is 29.9 Å². The fourth-order valence-electron chi connectivity index (χ4n) is 20.4. The van der Waals surface area contributed by atoms with Crippen molar-refractivity contribution in [3.8, 4) is 135 Å². The molecule has 0 fully saturated rings. The Morgan fingerprint density at radius 2 is 0.455 bits per heavy atom. The minimum absolute atomic E-state index is 0.680. The summed E-state index contributed by atoms with van der Waals surface area (Å²) in [6.45, 7) is 0. The van der Waals surface area contributed by atoms with Crippen molar-refractivity contribution in [3.63, 3.8) is 0 Å². The monoisotopic (exact) mass is 1700 g/mol. The fourth-order valence-corrected chi connectivity index (χ4v) is 20.4. The molecular formula is C126H76N6O2. The summed E-state index contributed by atoms with van der Waals surface area (Å²) >= 11 is 0. The molecule has 0 atom stereocenters. The zero-order valence-corrected chi connectivity index (χ0v) is 72.4. The molecule has 134 heavy (non-hydrogen) atoms. The lowest BCUT2D eigenvalue weighted by atomic mass is 9.89. The van der Waals surface area contributed by atoms with Gasteiger partial charge in [0.25, 0.3) is 0 Å². The molecule has 6 aromatic heterocycles. The Bertz CT molecular complexity index is 9360. The summed E-state index contributed by atoms with van der Waals surface area (Å²) in [6, 6.07) is 163. The molecule has 21 aromatic carbocycles. The van der Waals surface area contributed by atoms with E-state index >= 15 is 0 Å². The van der Waals surface area contributed by atoms with Gasteiger partial charge in [0, 0.05) is 109 Å². The molecule has 0 aliphatic rings. The van der Waals surface area contributed by atoms with E-state index in [0.717, 1.165) is 205 Å². The molecule has 0 saturated carbocycles. The number of furan rings is 2. The Hall–Kier alpha value is -18.0. The molecule has 0 amide bonds. The number of fused-ring (bicyclic) bond motifs is 21. The van der Waals surface area contributed by atoms with Gasteiger partial charge in [-0.25, -0.2) is 29.9 Å². The number of aromatic nitrogens is 6. The van der Waals surface area contributed by atoms with Crippen LogP contribution in [0.5, 0.6) is 0 Å². The lowest BCUT2D eigenvalue weighted by Gasteiger charge is -2.16. The van der Waals surface area contributed by atoms with Crippen LogP contribution >= 0.6 is 0 Å². The molecule has 0 saturated heterocycles. The maximum Gasteiger partial charge on any atom is 0.160 e. The molecule has 622 valence electrons. The maximum atomic E-state index is 6.73. The minimum Gasteiger partial charge on any atom is -0.456 e. The topological polar surface area (TPSA) is 104 Å². The van der Waals surface area contributed by atoms with Gasteiger partial charge < -0.3 is 8.83 Å². The number of pyridine rings is 2. The molecule has 27 aromatic rings. The Kier molecular flexibility index (Phi) is 18.5. The van der Waals surface area contributed by atoms with Crippen LogP contribution < -0.4 is 0 Å². The third-order valence-electron chi connectivity index (χ3n) is 26.7. The number of hydrogen-bond acceptors (Lipinski definition) is 8. The highest BCUT2D eigenvalue weighted by Crippen LogP contribution is 2.51. The van der Waals surface area contributed by atoms with Gasteiger partial charge in [-0.05, 0) is 148 Å². The number of rotatable bonds is 12. The van der Waals surface area contributed by atoms with Crippen molar-refractivity contribution in [1.29, 1.82) is 0 Å². The lowest BCUT2D eigenvalue weighted by Crippen LogP contribution is -1.97. The van der Waals surface area contributed by atoms with Crippen molar-refractivity contribution in [3.05, 3.63) is 461 Å². The van der Waals surface area contributed by atoms with E-state index in [2.05, 4.69) is 413 Å². The normalized spacial score (nSPS) is 11.7. The largest absolute Gasteiger partial charge is 0.456 e. The SMILES string of the molecule is c1ccc(-c2ccc(-c3nc4ccccc4c4c(-c5ccc(-c6cc(-c7cc8ccccc8c8ccccc78)nc(-c7ccccc7)n6)cc5)c5c(cc34)oc3ccccc35)cc2)cc1.c1ccc(-c2ccc(-c3nc4ccccc4c4c(-c5ccc(-c6cc(-c7ccc8c9ccccc9c9ccccc9c8c7)nc(-c7ccccc7)n6)cc5)c5c(cc34)oc3ccccc35)cc2)cc1.